The molecule has 2 N–H and O–H groups in total. The Labute approximate surface area is 119 Å². The fraction of sp³-hybridized carbons (Fsp3) is 0.941. The first-order chi connectivity index (χ1) is 8.93. The second-order valence-corrected chi connectivity index (χ2v) is 7.20. The van der Waals surface area contributed by atoms with Gasteiger partial charge in [0.25, 0.3) is 0 Å². The molecule has 0 aromatic carbocycles. The molecule has 0 radical (unpaired) electrons. The van der Waals surface area contributed by atoms with Crippen molar-refractivity contribution in [1.82, 2.24) is 0 Å². The van der Waals surface area contributed by atoms with Gasteiger partial charge in [-0.05, 0) is 62.3 Å². The third-order valence-corrected chi connectivity index (χ3v) is 4.88. The lowest BCUT2D eigenvalue weighted by Crippen LogP contribution is -2.26. The van der Waals surface area contributed by atoms with E-state index < -0.39 is 0 Å². The molecule has 19 heavy (non-hydrogen) atoms. The van der Waals surface area contributed by atoms with Crippen LogP contribution >= 0.6 is 0 Å². The van der Waals surface area contributed by atoms with Gasteiger partial charge in [0.2, 0.25) is 0 Å². The molecular formula is C17H33NO. The molecule has 112 valence electrons. The maximum absolute atomic E-state index is 12.4. The normalized spacial score (nSPS) is 29.5. The van der Waals surface area contributed by atoms with Gasteiger partial charge in [-0.1, -0.05) is 27.7 Å². The molecule has 1 rings (SSSR count). The van der Waals surface area contributed by atoms with Crippen LogP contribution in [0, 0.1) is 29.6 Å². The largest absolute Gasteiger partial charge is 0.330 e. The van der Waals surface area contributed by atoms with Crippen molar-refractivity contribution in [3.05, 3.63) is 0 Å². The molecule has 0 heterocycles. The highest BCUT2D eigenvalue weighted by Crippen LogP contribution is 2.34. The van der Waals surface area contributed by atoms with E-state index in [1.165, 1.54) is 6.42 Å². The van der Waals surface area contributed by atoms with Crippen LogP contribution in [0.1, 0.15) is 66.2 Å². The highest BCUT2D eigenvalue weighted by molar-refractivity contribution is 5.81. The smallest absolute Gasteiger partial charge is 0.136 e. The molecule has 2 nitrogen and oxygen atoms in total. The molecule has 1 fully saturated rings. The Balaban J connectivity index is 2.41. The predicted octanol–water partition coefficient (Wildman–Crippen LogP) is 4.03. The molecule has 0 aromatic heterocycles. The van der Waals surface area contributed by atoms with E-state index in [2.05, 4.69) is 27.7 Å². The molecule has 2 heteroatoms. The number of hydrogen-bond donors (Lipinski definition) is 1. The Morgan fingerprint density at radius 3 is 2.16 bits per heavy atom. The Morgan fingerprint density at radius 2 is 1.68 bits per heavy atom. The summed E-state index contributed by atoms with van der Waals surface area (Å²) in [5.74, 6) is 3.56. The maximum atomic E-state index is 12.4. The van der Waals surface area contributed by atoms with Gasteiger partial charge in [-0.3, -0.25) is 4.79 Å². The minimum Gasteiger partial charge on any atom is -0.330 e. The second-order valence-electron chi connectivity index (χ2n) is 7.20. The summed E-state index contributed by atoms with van der Waals surface area (Å²) in [4.78, 5) is 12.4. The Morgan fingerprint density at radius 1 is 1.11 bits per heavy atom. The molecule has 0 aromatic rings. The van der Waals surface area contributed by atoms with E-state index in [1.807, 2.05) is 0 Å². The summed E-state index contributed by atoms with van der Waals surface area (Å²) in [6.45, 7) is 9.82. The van der Waals surface area contributed by atoms with E-state index >= 15 is 0 Å². The molecule has 0 spiro atoms. The van der Waals surface area contributed by atoms with Crippen LogP contribution in [0.25, 0.3) is 0 Å². The zero-order valence-electron chi connectivity index (χ0n) is 13.3. The lowest BCUT2D eigenvalue weighted by molar-refractivity contribution is -0.125. The van der Waals surface area contributed by atoms with Crippen LogP contribution in [-0.2, 0) is 4.79 Å². The number of carbonyl (C=O) groups excluding carboxylic acids is 1. The molecular weight excluding hydrogens is 234 g/mol. The summed E-state index contributed by atoms with van der Waals surface area (Å²) in [5.41, 5.74) is 5.67. The Hall–Kier alpha value is -0.370. The van der Waals surface area contributed by atoms with Gasteiger partial charge in [0.05, 0.1) is 0 Å². The summed E-state index contributed by atoms with van der Waals surface area (Å²) in [6, 6.07) is 0. The van der Waals surface area contributed by atoms with Crippen molar-refractivity contribution in [1.29, 1.82) is 0 Å². The summed E-state index contributed by atoms with van der Waals surface area (Å²) < 4.78 is 0. The van der Waals surface area contributed by atoms with Crippen LogP contribution < -0.4 is 5.73 Å². The fourth-order valence-electron chi connectivity index (χ4n) is 3.77. The second kappa shape index (κ2) is 8.04. The fourth-order valence-corrected chi connectivity index (χ4v) is 3.77. The zero-order chi connectivity index (χ0) is 14.4. The number of rotatable bonds is 7. The van der Waals surface area contributed by atoms with Crippen molar-refractivity contribution in [3.63, 3.8) is 0 Å². The predicted molar refractivity (Wildman–Crippen MR) is 81.9 cm³/mol. The van der Waals surface area contributed by atoms with Gasteiger partial charge in [-0.15, -0.1) is 0 Å². The van der Waals surface area contributed by atoms with Crippen molar-refractivity contribution in [2.75, 3.05) is 6.54 Å². The molecule has 3 atom stereocenters. The van der Waals surface area contributed by atoms with Crippen molar-refractivity contribution in [2.24, 2.45) is 35.3 Å². The van der Waals surface area contributed by atoms with Gasteiger partial charge in [0.1, 0.15) is 5.78 Å². The van der Waals surface area contributed by atoms with Gasteiger partial charge >= 0.3 is 0 Å². The highest BCUT2D eigenvalue weighted by Gasteiger charge is 2.29. The van der Waals surface area contributed by atoms with E-state index in [0.717, 1.165) is 50.5 Å². The summed E-state index contributed by atoms with van der Waals surface area (Å²) in [5, 5.41) is 0. The van der Waals surface area contributed by atoms with Crippen molar-refractivity contribution in [2.45, 2.75) is 66.2 Å². The van der Waals surface area contributed by atoms with Gasteiger partial charge in [-0.25, -0.2) is 0 Å². The van der Waals surface area contributed by atoms with Gasteiger partial charge in [0, 0.05) is 12.3 Å². The number of hydrogen-bond acceptors (Lipinski definition) is 2. The van der Waals surface area contributed by atoms with Crippen LogP contribution in [0.15, 0.2) is 0 Å². The SMILES string of the molecule is CC1CC(C)CC(C(=O)CCC(CCN)C(C)C)C1. The van der Waals surface area contributed by atoms with E-state index in [0.29, 0.717) is 23.5 Å². The quantitative estimate of drug-likeness (QED) is 0.757. The van der Waals surface area contributed by atoms with Crippen LogP contribution in [0.5, 0.6) is 0 Å². The molecule has 3 unspecified atom stereocenters. The van der Waals surface area contributed by atoms with Crippen molar-refractivity contribution < 1.29 is 4.79 Å². The molecule has 1 aliphatic carbocycles. The molecule has 0 saturated heterocycles. The first-order valence-electron chi connectivity index (χ1n) is 8.16. The van der Waals surface area contributed by atoms with Crippen LogP contribution in [0.3, 0.4) is 0 Å². The molecule has 0 amide bonds. The molecule has 0 aliphatic heterocycles. The zero-order valence-corrected chi connectivity index (χ0v) is 13.3. The van der Waals surface area contributed by atoms with Gasteiger partial charge in [0.15, 0.2) is 0 Å². The number of nitrogens with two attached hydrogens (primary N) is 1. The summed E-state index contributed by atoms with van der Waals surface area (Å²) in [7, 11) is 0. The van der Waals surface area contributed by atoms with E-state index in [4.69, 9.17) is 5.73 Å². The number of Topliss-reactive ketones (excluding diaryl/α,β-unsaturated/α-hetero) is 1. The molecule has 0 bridgehead atoms. The van der Waals surface area contributed by atoms with Gasteiger partial charge in [-0.2, -0.15) is 0 Å². The van der Waals surface area contributed by atoms with Crippen molar-refractivity contribution >= 4 is 5.78 Å². The third-order valence-electron chi connectivity index (χ3n) is 4.88. The lowest BCUT2D eigenvalue weighted by atomic mass is 9.74. The summed E-state index contributed by atoms with van der Waals surface area (Å²) in [6.07, 6.45) is 6.40. The first-order valence-corrected chi connectivity index (χ1v) is 8.16. The average molecular weight is 267 g/mol. The first kappa shape index (κ1) is 16.7. The standard InChI is InChI=1S/C17H33NO/c1-12(2)15(7-8-18)5-6-17(19)16-10-13(3)9-14(4)11-16/h12-16H,5-11,18H2,1-4H3. The van der Waals surface area contributed by atoms with Crippen LogP contribution in [0.2, 0.25) is 0 Å². The minimum absolute atomic E-state index is 0.337. The van der Waals surface area contributed by atoms with Crippen LogP contribution in [-0.4, -0.2) is 12.3 Å². The Kier molecular flexibility index (Phi) is 7.06. The third kappa shape index (κ3) is 5.64. The van der Waals surface area contributed by atoms with Crippen LogP contribution in [0.4, 0.5) is 0 Å². The maximum Gasteiger partial charge on any atom is 0.136 e. The van der Waals surface area contributed by atoms with E-state index in [-0.39, 0.29) is 0 Å². The average Bonchev–Trinajstić information content (AvgIpc) is 2.32. The minimum atomic E-state index is 0.337. The number of ketones is 1. The highest BCUT2D eigenvalue weighted by atomic mass is 16.1. The Bertz CT molecular complexity index is 264. The van der Waals surface area contributed by atoms with E-state index in [9.17, 15) is 4.79 Å². The molecule has 1 aliphatic rings. The summed E-state index contributed by atoms with van der Waals surface area (Å²) >= 11 is 0. The topological polar surface area (TPSA) is 43.1 Å². The monoisotopic (exact) mass is 267 g/mol. The lowest BCUT2D eigenvalue weighted by Gasteiger charge is -2.31. The molecule has 1 saturated carbocycles. The van der Waals surface area contributed by atoms with E-state index in [1.54, 1.807) is 0 Å². The van der Waals surface area contributed by atoms with Gasteiger partial charge < -0.3 is 5.73 Å². The van der Waals surface area contributed by atoms with Crippen molar-refractivity contribution in [3.8, 4) is 0 Å². The number of carbonyl (C=O) groups is 1.